The highest BCUT2D eigenvalue weighted by atomic mass is 35.5. The van der Waals surface area contributed by atoms with Crippen molar-refractivity contribution in [1.82, 2.24) is 9.55 Å². The third-order valence-corrected chi connectivity index (χ3v) is 5.75. The quantitative estimate of drug-likeness (QED) is 0.538. The molecule has 0 aromatic carbocycles. The number of aliphatic hydroxyl groups excluding tert-OH is 1. The second-order valence-corrected chi connectivity index (χ2v) is 7.62. The zero-order valence-corrected chi connectivity index (χ0v) is 15.1. The van der Waals surface area contributed by atoms with Crippen LogP contribution in [0.25, 0.3) is 0 Å². The molecule has 1 saturated heterocycles. The Balaban J connectivity index is 2.40. The van der Waals surface area contributed by atoms with Gasteiger partial charge in [0, 0.05) is 26.2 Å². The van der Waals surface area contributed by atoms with Crippen molar-refractivity contribution in [3.8, 4) is 0 Å². The summed E-state index contributed by atoms with van der Waals surface area (Å²) in [5.74, 6) is 0.587. The Bertz CT molecular complexity index is 754. The molecular formula is C13H18ClFN3O6P. The second kappa shape index (κ2) is 7.53. The highest BCUT2D eigenvalue weighted by molar-refractivity contribution is 7.57. The van der Waals surface area contributed by atoms with Gasteiger partial charge in [-0.2, -0.15) is 4.98 Å². The van der Waals surface area contributed by atoms with Crippen LogP contribution in [-0.2, 0) is 18.3 Å². The normalized spacial score (nSPS) is 30.2. The first-order valence-electron chi connectivity index (χ1n) is 7.04. The van der Waals surface area contributed by atoms with Gasteiger partial charge in [0.25, 0.3) is 0 Å². The van der Waals surface area contributed by atoms with Gasteiger partial charge in [-0.3, -0.25) is 9.13 Å². The highest BCUT2D eigenvalue weighted by Gasteiger charge is 2.54. The minimum Gasteiger partial charge on any atom is -0.386 e. The largest absolute Gasteiger partial charge is 0.386 e. The number of alkyl halides is 2. The molecule has 0 unspecified atom stereocenters. The van der Waals surface area contributed by atoms with Crippen molar-refractivity contribution in [2.24, 2.45) is 0 Å². The molecule has 1 aromatic rings. The van der Waals surface area contributed by atoms with Crippen LogP contribution in [0.15, 0.2) is 29.0 Å². The Morgan fingerprint density at radius 2 is 2.24 bits per heavy atom. The van der Waals surface area contributed by atoms with Gasteiger partial charge < -0.3 is 24.6 Å². The summed E-state index contributed by atoms with van der Waals surface area (Å²) < 4.78 is 42.5. The van der Waals surface area contributed by atoms with Gasteiger partial charge in [-0.05, 0) is 12.1 Å². The summed E-state index contributed by atoms with van der Waals surface area (Å²) in [5, 5.41) is 10.3. The Labute approximate surface area is 147 Å². The zero-order valence-electron chi connectivity index (χ0n) is 13.4. The van der Waals surface area contributed by atoms with Crippen LogP contribution in [0.5, 0.6) is 0 Å². The fraction of sp³-hybridized carbons (Fsp3) is 0.538. The number of hydrogen-bond acceptors (Lipinski definition) is 8. The van der Waals surface area contributed by atoms with E-state index in [-0.39, 0.29) is 11.7 Å². The minimum atomic E-state index is -3.59. The predicted molar refractivity (Wildman–Crippen MR) is 88.1 cm³/mol. The van der Waals surface area contributed by atoms with E-state index in [2.05, 4.69) is 4.98 Å². The summed E-state index contributed by atoms with van der Waals surface area (Å²) in [5.41, 5.74) is 2.79. The first-order chi connectivity index (χ1) is 11.7. The van der Waals surface area contributed by atoms with E-state index in [0.717, 1.165) is 30.7 Å². The predicted octanol–water partition coefficient (Wildman–Crippen LogP) is 1.03. The van der Waals surface area contributed by atoms with Crippen LogP contribution in [0.3, 0.4) is 0 Å². The van der Waals surface area contributed by atoms with Gasteiger partial charge in [-0.15, -0.1) is 11.6 Å². The first kappa shape index (κ1) is 20.0. The van der Waals surface area contributed by atoms with Gasteiger partial charge in [0.05, 0.1) is 5.88 Å². The number of nitrogens with two attached hydrogens (primary N) is 1. The molecule has 12 heteroatoms. The molecule has 2 heterocycles. The topological polar surface area (TPSA) is 126 Å². The Morgan fingerprint density at radius 3 is 2.76 bits per heavy atom. The third-order valence-electron chi connectivity index (χ3n) is 3.80. The van der Waals surface area contributed by atoms with Crippen LogP contribution < -0.4 is 11.4 Å². The fourth-order valence-electron chi connectivity index (χ4n) is 2.32. The maximum atomic E-state index is 14.6. The standard InChI is InChI=1S/C13H18ClFN3O6P/c1-22-25(21,23-2)6-4-13(7-14)10(19)9(15)11(24-13)18-5-3-8(16)17-12(18)20/h3-6,9-11,19H,7H2,1-2H3,(H2,16,17,20)/t9-,10+,11-,13+/m1/s1. The lowest BCUT2D eigenvalue weighted by Crippen LogP contribution is -2.42. The number of rotatable bonds is 6. The molecular weight excluding hydrogens is 380 g/mol. The molecule has 140 valence electrons. The molecule has 0 amide bonds. The Morgan fingerprint density at radius 1 is 1.60 bits per heavy atom. The number of nitrogen functional groups attached to an aromatic ring is 1. The molecule has 0 aliphatic carbocycles. The van der Waals surface area contributed by atoms with Crippen LogP contribution in [0.2, 0.25) is 0 Å². The number of aromatic nitrogens is 2. The van der Waals surface area contributed by atoms with Crippen LogP contribution in [0, 0.1) is 0 Å². The molecule has 9 nitrogen and oxygen atoms in total. The van der Waals surface area contributed by atoms with Gasteiger partial charge in [-0.25, -0.2) is 9.18 Å². The number of halogens is 2. The summed E-state index contributed by atoms with van der Waals surface area (Å²) in [6.07, 6.45) is -2.93. The summed E-state index contributed by atoms with van der Waals surface area (Å²) in [7, 11) is -1.27. The van der Waals surface area contributed by atoms with Gasteiger partial charge in [0.2, 0.25) is 0 Å². The summed E-state index contributed by atoms with van der Waals surface area (Å²) in [6, 6.07) is 1.28. The SMILES string of the molecule is COP(=O)(C=C[C@@]1(CCl)O[C@@H](n2ccc(N)nc2=O)[C@H](F)[C@@H]1O)OC. The monoisotopic (exact) mass is 397 g/mol. The van der Waals surface area contributed by atoms with E-state index in [4.69, 9.17) is 31.1 Å². The van der Waals surface area contributed by atoms with Crippen LogP contribution >= 0.6 is 19.2 Å². The van der Waals surface area contributed by atoms with Crippen LogP contribution in [0.1, 0.15) is 6.23 Å². The van der Waals surface area contributed by atoms with E-state index in [1.807, 2.05) is 0 Å². The van der Waals surface area contributed by atoms with Gasteiger partial charge in [0.15, 0.2) is 12.4 Å². The van der Waals surface area contributed by atoms with Crippen LogP contribution in [0.4, 0.5) is 10.2 Å². The third kappa shape index (κ3) is 3.79. The lowest BCUT2D eigenvalue weighted by Gasteiger charge is -2.26. The van der Waals surface area contributed by atoms with Crippen molar-refractivity contribution in [2.75, 3.05) is 25.8 Å². The fourth-order valence-corrected chi connectivity index (χ4v) is 3.46. The van der Waals surface area contributed by atoms with E-state index < -0.39 is 37.4 Å². The number of hydrogen-bond donors (Lipinski definition) is 2. The maximum absolute atomic E-state index is 14.6. The van der Waals surface area contributed by atoms with Gasteiger partial charge >= 0.3 is 13.3 Å². The van der Waals surface area contributed by atoms with Gasteiger partial charge in [0.1, 0.15) is 17.5 Å². The number of aliphatic hydroxyl groups is 1. The minimum absolute atomic E-state index is 0.0418. The van der Waals surface area contributed by atoms with Crippen molar-refractivity contribution in [3.63, 3.8) is 0 Å². The van der Waals surface area contributed by atoms with E-state index in [1.165, 1.54) is 12.3 Å². The molecule has 0 bridgehead atoms. The van der Waals surface area contributed by atoms with Crippen molar-refractivity contribution < 1.29 is 27.8 Å². The molecule has 2 rings (SSSR count). The lowest BCUT2D eigenvalue weighted by atomic mass is 9.98. The number of ether oxygens (including phenoxy) is 1. The Hall–Kier alpha value is -1.29. The smallest absolute Gasteiger partial charge is 0.353 e. The summed E-state index contributed by atoms with van der Waals surface area (Å²) in [6.45, 7) is 0. The summed E-state index contributed by atoms with van der Waals surface area (Å²) >= 11 is 5.86. The van der Waals surface area contributed by atoms with E-state index in [9.17, 15) is 18.9 Å². The molecule has 3 N–H and O–H groups in total. The van der Waals surface area contributed by atoms with Gasteiger partial charge in [-0.1, -0.05) is 0 Å². The average Bonchev–Trinajstić information content (AvgIpc) is 2.85. The first-order valence-corrected chi connectivity index (χ1v) is 9.19. The average molecular weight is 398 g/mol. The second-order valence-electron chi connectivity index (χ2n) is 5.25. The van der Waals surface area contributed by atoms with E-state index >= 15 is 0 Å². The maximum Gasteiger partial charge on any atom is 0.353 e. The molecule has 1 fully saturated rings. The van der Waals surface area contributed by atoms with Crippen molar-refractivity contribution >= 4 is 25.0 Å². The molecule has 25 heavy (non-hydrogen) atoms. The molecule has 0 radical (unpaired) electrons. The number of anilines is 1. The lowest BCUT2D eigenvalue weighted by molar-refractivity contribution is -0.0608. The molecule has 4 atom stereocenters. The van der Waals surface area contributed by atoms with Crippen molar-refractivity contribution in [2.45, 2.75) is 24.1 Å². The molecule has 1 aliphatic rings. The molecule has 1 aromatic heterocycles. The van der Waals surface area contributed by atoms with E-state index in [1.54, 1.807) is 0 Å². The molecule has 0 saturated carbocycles. The zero-order chi connectivity index (χ0) is 18.8. The van der Waals surface area contributed by atoms with Crippen molar-refractivity contribution in [3.05, 3.63) is 34.6 Å². The highest BCUT2D eigenvalue weighted by Crippen LogP contribution is 2.50. The molecule has 0 spiro atoms. The van der Waals surface area contributed by atoms with Crippen molar-refractivity contribution in [1.29, 1.82) is 0 Å². The number of nitrogens with zero attached hydrogens (tertiary/aromatic N) is 2. The van der Waals surface area contributed by atoms with Crippen LogP contribution in [-0.4, -0.2) is 52.6 Å². The Kier molecular flexibility index (Phi) is 6.03. The summed E-state index contributed by atoms with van der Waals surface area (Å²) in [4.78, 5) is 15.4. The molecule has 1 aliphatic heterocycles. The van der Waals surface area contributed by atoms with E-state index in [0.29, 0.717) is 0 Å².